The molecule has 0 heterocycles. The van der Waals surface area contributed by atoms with E-state index >= 15 is 0 Å². The van der Waals surface area contributed by atoms with Crippen LogP contribution in [0.2, 0.25) is 0 Å². The number of rotatable bonds is 9. The molecule has 0 aliphatic heterocycles. The van der Waals surface area contributed by atoms with Crippen LogP contribution in [0.3, 0.4) is 0 Å². The van der Waals surface area contributed by atoms with Crippen molar-refractivity contribution in [2.45, 2.75) is 32.1 Å². The van der Waals surface area contributed by atoms with Crippen LogP contribution in [0.1, 0.15) is 31.4 Å². The highest BCUT2D eigenvalue weighted by Gasteiger charge is 2.08. The summed E-state index contributed by atoms with van der Waals surface area (Å²) < 4.78 is 0. The van der Waals surface area contributed by atoms with E-state index in [9.17, 15) is 0 Å². The van der Waals surface area contributed by atoms with E-state index in [0.717, 1.165) is 13.0 Å². The van der Waals surface area contributed by atoms with Crippen LogP contribution in [-0.2, 0) is 0 Å². The van der Waals surface area contributed by atoms with Crippen molar-refractivity contribution >= 4 is 17.5 Å². The van der Waals surface area contributed by atoms with E-state index in [1.807, 2.05) is 20.2 Å². The molecule has 0 aliphatic carbocycles. The Bertz CT molecular complexity index is 845. The smallest absolute Gasteiger partial charge is 0.0415 e. The van der Waals surface area contributed by atoms with Gasteiger partial charge in [-0.1, -0.05) is 55.0 Å². The number of hydrogen-bond acceptors (Lipinski definition) is 3. The molecule has 0 amide bonds. The highest BCUT2D eigenvalue weighted by atomic mass is 32.2. The van der Waals surface area contributed by atoms with Crippen molar-refractivity contribution in [3.8, 4) is 11.1 Å². The zero-order valence-electron chi connectivity index (χ0n) is 17.7. The van der Waals surface area contributed by atoms with Gasteiger partial charge in [0.05, 0.1) is 0 Å². The third kappa shape index (κ3) is 6.35. The molecule has 3 heteroatoms. The highest BCUT2D eigenvalue weighted by molar-refractivity contribution is 7.98. The second-order valence-corrected chi connectivity index (χ2v) is 7.58. The predicted molar refractivity (Wildman–Crippen MR) is 127 cm³/mol. The van der Waals surface area contributed by atoms with E-state index < -0.39 is 0 Å². The largest absolute Gasteiger partial charge is 0.394 e. The molecule has 0 aromatic heterocycles. The molecule has 0 bridgehead atoms. The maximum absolute atomic E-state index is 3.64. The zero-order valence-corrected chi connectivity index (χ0v) is 18.5. The third-order valence-electron chi connectivity index (χ3n) is 4.44. The lowest BCUT2D eigenvalue weighted by atomic mass is 10.00. The van der Waals surface area contributed by atoms with Gasteiger partial charge in [-0.2, -0.15) is 0 Å². The van der Waals surface area contributed by atoms with Crippen LogP contribution in [0.25, 0.3) is 16.8 Å². The Morgan fingerprint density at radius 1 is 1.07 bits per heavy atom. The molecule has 0 saturated heterocycles. The topological polar surface area (TPSA) is 24.1 Å². The molecule has 0 saturated carbocycles. The maximum atomic E-state index is 3.64. The Morgan fingerprint density at radius 2 is 1.82 bits per heavy atom. The fraction of sp³-hybridized carbons (Fsp3) is 0.280. The van der Waals surface area contributed by atoms with Gasteiger partial charge in [-0.05, 0) is 67.0 Å². The van der Waals surface area contributed by atoms with E-state index in [2.05, 4.69) is 91.4 Å². The minimum atomic E-state index is 0.778. The van der Waals surface area contributed by atoms with E-state index in [-0.39, 0.29) is 0 Å². The molecule has 2 N–H and O–H groups in total. The van der Waals surface area contributed by atoms with Gasteiger partial charge in [-0.25, -0.2) is 0 Å². The summed E-state index contributed by atoms with van der Waals surface area (Å²) in [4.78, 5) is 1.27. The number of hydrogen-bond donors (Lipinski definition) is 2. The SMILES string of the molecule is CC=C/C(=C\NC)CN/C(=C/CC)c1cc(SC)cc(-c2ccc(C)cc2)c1. The lowest BCUT2D eigenvalue weighted by Crippen LogP contribution is -2.16. The summed E-state index contributed by atoms with van der Waals surface area (Å²) in [6, 6.07) is 15.6. The summed E-state index contributed by atoms with van der Waals surface area (Å²) in [7, 11) is 1.93. The number of aryl methyl sites for hydroxylation is 1. The summed E-state index contributed by atoms with van der Waals surface area (Å²) >= 11 is 1.78. The minimum absolute atomic E-state index is 0.778. The van der Waals surface area contributed by atoms with Gasteiger partial charge in [-0.15, -0.1) is 11.8 Å². The van der Waals surface area contributed by atoms with Crippen molar-refractivity contribution in [2.75, 3.05) is 19.8 Å². The lowest BCUT2D eigenvalue weighted by molar-refractivity contribution is 0.946. The third-order valence-corrected chi connectivity index (χ3v) is 5.15. The Morgan fingerprint density at radius 3 is 2.43 bits per heavy atom. The fourth-order valence-corrected chi connectivity index (χ4v) is 3.53. The molecule has 2 aromatic carbocycles. The van der Waals surface area contributed by atoms with Gasteiger partial charge in [0.2, 0.25) is 0 Å². The van der Waals surface area contributed by atoms with Crippen LogP contribution in [0.4, 0.5) is 0 Å². The fourth-order valence-electron chi connectivity index (χ4n) is 3.04. The molecule has 148 valence electrons. The average molecular weight is 393 g/mol. The van der Waals surface area contributed by atoms with Crippen molar-refractivity contribution in [1.29, 1.82) is 0 Å². The van der Waals surface area contributed by atoms with Crippen molar-refractivity contribution in [3.63, 3.8) is 0 Å². The van der Waals surface area contributed by atoms with Crippen molar-refractivity contribution in [2.24, 2.45) is 0 Å². The van der Waals surface area contributed by atoms with E-state index in [1.165, 1.54) is 38.4 Å². The first-order valence-corrected chi connectivity index (χ1v) is 11.0. The normalized spacial score (nSPS) is 12.5. The molecule has 0 atom stereocenters. The quantitative estimate of drug-likeness (QED) is 0.381. The van der Waals surface area contributed by atoms with Gasteiger partial charge in [0.25, 0.3) is 0 Å². The Hall–Kier alpha value is -2.39. The Labute approximate surface area is 174 Å². The monoisotopic (exact) mass is 392 g/mol. The maximum Gasteiger partial charge on any atom is 0.0415 e. The molecule has 2 rings (SSSR count). The summed E-state index contributed by atoms with van der Waals surface area (Å²) in [5, 5.41) is 6.76. The molecule has 0 radical (unpaired) electrons. The zero-order chi connectivity index (χ0) is 20.4. The summed E-state index contributed by atoms with van der Waals surface area (Å²) in [6.45, 7) is 7.13. The number of nitrogens with one attached hydrogen (secondary N) is 2. The number of allylic oxidation sites excluding steroid dienone is 2. The van der Waals surface area contributed by atoms with Gasteiger partial charge in [0.15, 0.2) is 0 Å². The van der Waals surface area contributed by atoms with Crippen LogP contribution < -0.4 is 10.6 Å². The van der Waals surface area contributed by atoms with Crippen LogP contribution in [0.15, 0.2) is 77.4 Å². The highest BCUT2D eigenvalue weighted by Crippen LogP contribution is 2.29. The van der Waals surface area contributed by atoms with Crippen LogP contribution >= 0.6 is 11.8 Å². The molecular weight excluding hydrogens is 360 g/mol. The van der Waals surface area contributed by atoms with E-state index in [1.54, 1.807) is 11.8 Å². The summed E-state index contributed by atoms with van der Waals surface area (Å²) in [6.07, 6.45) is 11.6. The number of benzene rings is 2. The van der Waals surface area contributed by atoms with Gasteiger partial charge in [-0.3, -0.25) is 0 Å². The van der Waals surface area contributed by atoms with Crippen LogP contribution in [-0.4, -0.2) is 19.8 Å². The van der Waals surface area contributed by atoms with Crippen molar-refractivity contribution < 1.29 is 0 Å². The standard InChI is InChI=1S/C25H32N2S/c1-6-8-20(17-26-4)18-27-25(9-7-2)23-14-22(15-24(16-23)28-5)21-12-10-19(3)11-13-21/h6,8-17,26-27H,7,18H2,1-5H3/b8-6?,20-17+,25-9+. The van der Waals surface area contributed by atoms with Gasteiger partial charge in [0.1, 0.15) is 0 Å². The molecule has 0 spiro atoms. The first-order chi connectivity index (χ1) is 13.6. The van der Waals surface area contributed by atoms with Gasteiger partial charge in [0, 0.05) is 30.4 Å². The minimum Gasteiger partial charge on any atom is -0.394 e. The van der Waals surface area contributed by atoms with Crippen molar-refractivity contribution in [1.82, 2.24) is 10.6 Å². The second-order valence-electron chi connectivity index (χ2n) is 6.70. The van der Waals surface area contributed by atoms with Crippen molar-refractivity contribution in [3.05, 3.63) is 83.6 Å². The molecule has 28 heavy (non-hydrogen) atoms. The predicted octanol–water partition coefficient (Wildman–Crippen LogP) is 6.40. The average Bonchev–Trinajstić information content (AvgIpc) is 2.71. The first-order valence-electron chi connectivity index (χ1n) is 9.80. The lowest BCUT2D eigenvalue weighted by Gasteiger charge is -2.15. The Kier molecular flexibility index (Phi) is 8.96. The van der Waals surface area contributed by atoms with Crippen LogP contribution in [0.5, 0.6) is 0 Å². The Balaban J connectivity index is 2.38. The van der Waals surface area contributed by atoms with Gasteiger partial charge >= 0.3 is 0 Å². The molecule has 2 aromatic rings. The molecule has 2 nitrogen and oxygen atoms in total. The summed E-state index contributed by atoms with van der Waals surface area (Å²) in [5.41, 5.74) is 7.41. The molecule has 0 aliphatic rings. The van der Waals surface area contributed by atoms with Crippen LogP contribution in [0, 0.1) is 6.92 Å². The molecule has 0 fully saturated rings. The molecular formula is C25H32N2S. The summed E-state index contributed by atoms with van der Waals surface area (Å²) in [5.74, 6) is 0. The first kappa shape index (κ1) is 21.9. The molecule has 0 unspecified atom stereocenters. The van der Waals surface area contributed by atoms with E-state index in [4.69, 9.17) is 0 Å². The van der Waals surface area contributed by atoms with E-state index in [0.29, 0.717) is 0 Å². The number of thioether (sulfide) groups is 1. The van der Waals surface area contributed by atoms with Gasteiger partial charge < -0.3 is 10.6 Å². The second kappa shape index (κ2) is 11.5.